The van der Waals surface area contributed by atoms with E-state index in [1.54, 1.807) is 6.33 Å². The van der Waals surface area contributed by atoms with Gasteiger partial charge in [-0.05, 0) is 12.8 Å². The summed E-state index contributed by atoms with van der Waals surface area (Å²) in [5, 5.41) is 4.96. The number of nitrogens with zero attached hydrogens (tertiary/aromatic N) is 2. The third-order valence-electron chi connectivity index (χ3n) is 2.65. The quantitative estimate of drug-likeness (QED) is 0.817. The Bertz CT molecular complexity index is 380. The van der Waals surface area contributed by atoms with Gasteiger partial charge in [0.15, 0.2) is 0 Å². The molecule has 4 nitrogen and oxygen atoms in total. The van der Waals surface area contributed by atoms with Crippen LogP contribution in [0.5, 0.6) is 0 Å². The molecule has 1 fully saturated rings. The lowest BCUT2D eigenvalue weighted by atomic mass is 10.1. The Kier molecular flexibility index (Phi) is 4.23. The van der Waals surface area contributed by atoms with Crippen LogP contribution in [-0.2, 0) is 4.74 Å². The third-order valence-corrected chi connectivity index (χ3v) is 3.81. The summed E-state index contributed by atoms with van der Waals surface area (Å²) in [7, 11) is 0. The van der Waals surface area contributed by atoms with Crippen LogP contribution in [-0.4, -0.2) is 35.0 Å². The molecular weight excluding hydrogens is 234 g/mol. The molecule has 5 heteroatoms. The maximum absolute atomic E-state index is 5.21. The number of thioether (sulfide) groups is 1. The van der Waals surface area contributed by atoms with Crippen LogP contribution < -0.4 is 5.32 Å². The minimum atomic E-state index is 0.425. The minimum Gasteiger partial charge on any atom is -0.379 e. The number of hydrogen-bond donors (Lipinski definition) is 1. The normalized spacial score (nSPS) is 16.0. The molecule has 1 aromatic rings. The summed E-state index contributed by atoms with van der Waals surface area (Å²) in [6.45, 7) is 9.00. The number of anilines is 1. The highest BCUT2D eigenvalue weighted by atomic mass is 32.2. The molecule has 0 amide bonds. The van der Waals surface area contributed by atoms with Gasteiger partial charge in [0.2, 0.25) is 0 Å². The van der Waals surface area contributed by atoms with Crippen LogP contribution in [0.25, 0.3) is 0 Å². The fourth-order valence-corrected chi connectivity index (χ4v) is 2.95. The van der Waals surface area contributed by atoms with E-state index in [0.717, 1.165) is 30.6 Å². The Morgan fingerprint density at radius 2 is 2.24 bits per heavy atom. The summed E-state index contributed by atoms with van der Waals surface area (Å²) < 4.78 is 5.21. The van der Waals surface area contributed by atoms with E-state index < -0.39 is 0 Å². The fraction of sp³-hybridized carbons (Fsp3) is 0.667. The Morgan fingerprint density at radius 3 is 2.76 bits per heavy atom. The zero-order valence-electron chi connectivity index (χ0n) is 10.6. The molecular formula is C12H19N3OS. The molecule has 0 bridgehead atoms. The van der Waals surface area contributed by atoms with Gasteiger partial charge in [0.05, 0.1) is 18.5 Å². The van der Waals surface area contributed by atoms with Gasteiger partial charge in [-0.3, -0.25) is 0 Å². The molecule has 1 aliphatic rings. The van der Waals surface area contributed by atoms with Crippen molar-refractivity contribution in [2.75, 3.05) is 25.1 Å². The van der Waals surface area contributed by atoms with Crippen molar-refractivity contribution >= 4 is 17.6 Å². The molecule has 1 saturated heterocycles. The van der Waals surface area contributed by atoms with Crippen molar-refractivity contribution < 1.29 is 4.74 Å². The summed E-state index contributed by atoms with van der Waals surface area (Å²) in [6.07, 6.45) is 1.64. The Hall–Kier alpha value is -0.810. The first-order valence-corrected chi connectivity index (χ1v) is 6.93. The lowest BCUT2D eigenvalue weighted by Crippen LogP contribution is -2.30. The molecule has 2 rings (SSSR count). The topological polar surface area (TPSA) is 47.0 Å². The van der Waals surface area contributed by atoms with Gasteiger partial charge in [-0.15, -0.1) is 0 Å². The average Bonchev–Trinajstić information content (AvgIpc) is 2.23. The second kappa shape index (κ2) is 5.69. The van der Waals surface area contributed by atoms with Gasteiger partial charge >= 0.3 is 0 Å². The Morgan fingerprint density at radius 1 is 1.47 bits per heavy atom. The lowest BCUT2D eigenvalue weighted by molar-refractivity contribution is 0.0454. The zero-order valence-corrected chi connectivity index (χ0v) is 11.4. The number of hydrogen-bond acceptors (Lipinski definition) is 5. The first kappa shape index (κ1) is 12.6. The van der Waals surface area contributed by atoms with E-state index in [-0.39, 0.29) is 0 Å². The highest BCUT2D eigenvalue weighted by molar-refractivity contribution is 8.00. The zero-order chi connectivity index (χ0) is 12.3. The molecule has 2 heterocycles. The van der Waals surface area contributed by atoms with Crippen LogP contribution in [0.15, 0.2) is 11.4 Å². The predicted octanol–water partition coefficient (Wildman–Crippen LogP) is 2.52. The third kappa shape index (κ3) is 2.90. The van der Waals surface area contributed by atoms with E-state index in [4.69, 9.17) is 4.74 Å². The van der Waals surface area contributed by atoms with Crippen LogP contribution in [0.3, 0.4) is 0 Å². The predicted molar refractivity (Wildman–Crippen MR) is 70.7 cm³/mol. The van der Waals surface area contributed by atoms with Gasteiger partial charge in [-0.2, -0.15) is 0 Å². The van der Waals surface area contributed by atoms with Gasteiger partial charge < -0.3 is 10.1 Å². The van der Waals surface area contributed by atoms with E-state index in [0.29, 0.717) is 11.2 Å². The van der Waals surface area contributed by atoms with Crippen molar-refractivity contribution in [1.29, 1.82) is 0 Å². The number of aromatic nitrogens is 2. The van der Waals surface area contributed by atoms with Crippen molar-refractivity contribution in [3.8, 4) is 0 Å². The lowest BCUT2D eigenvalue weighted by Gasteiger charge is -2.26. The van der Waals surface area contributed by atoms with E-state index in [9.17, 15) is 0 Å². The van der Waals surface area contributed by atoms with Gasteiger partial charge in [0.25, 0.3) is 0 Å². The molecule has 1 aromatic heterocycles. The molecule has 0 unspecified atom stereocenters. The van der Waals surface area contributed by atoms with Gasteiger partial charge in [-0.25, -0.2) is 9.97 Å². The van der Waals surface area contributed by atoms with Crippen molar-refractivity contribution in [1.82, 2.24) is 9.97 Å². The van der Waals surface area contributed by atoms with Crippen molar-refractivity contribution in [3.05, 3.63) is 11.9 Å². The van der Waals surface area contributed by atoms with Gasteiger partial charge in [-0.1, -0.05) is 25.6 Å². The average molecular weight is 253 g/mol. The molecule has 1 aliphatic heterocycles. The highest BCUT2D eigenvalue weighted by Crippen LogP contribution is 2.35. The van der Waals surface area contributed by atoms with Crippen molar-refractivity contribution in [2.24, 2.45) is 0 Å². The Balaban J connectivity index is 2.25. The Labute approximate surface area is 107 Å². The minimum absolute atomic E-state index is 0.425. The van der Waals surface area contributed by atoms with Crippen LogP contribution in [0, 0.1) is 0 Å². The SMILES string of the molecule is CCNc1ncnc(SC2COC2)c1C(C)C. The fourth-order valence-electron chi connectivity index (χ4n) is 1.74. The summed E-state index contributed by atoms with van der Waals surface area (Å²) >= 11 is 1.81. The van der Waals surface area contributed by atoms with Crippen LogP contribution in [0.1, 0.15) is 32.3 Å². The van der Waals surface area contributed by atoms with E-state index in [2.05, 4.69) is 36.1 Å². The van der Waals surface area contributed by atoms with Gasteiger partial charge in [0.1, 0.15) is 17.2 Å². The molecule has 0 atom stereocenters. The highest BCUT2D eigenvalue weighted by Gasteiger charge is 2.23. The molecule has 1 N–H and O–H groups in total. The van der Waals surface area contributed by atoms with Crippen molar-refractivity contribution in [3.63, 3.8) is 0 Å². The van der Waals surface area contributed by atoms with Crippen LogP contribution in [0.4, 0.5) is 5.82 Å². The summed E-state index contributed by atoms with van der Waals surface area (Å²) in [5.41, 5.74) is 1.23. The summed E-state index contributed by atoms with van der Waals surface area (Å²) in [4.78, 5) is 8.76. The smallest absolute Gasteiger partial charge is 0.133 e. The molecule has 0 aliphatic carbocycles. The summed E-state index contributed by atoms with van der Waals surface area (Å²) in [6, 6.07) is 0. The van der Waals surface area contributed by atoms with E-state index in [1.807, 2.05) is 11.8 Å². The molecule has 94 valence electrons. The maximum atomic E-state index is 5.21. The second-order valence-corrected chi connectivity index (χ2v) is 5.69. The molecule has 0 spiro atoms. The van der Waals surface area contributed by atoms with E-state index >= 15 is 0 Å². The standard InChI is InChI=1S/C12H19N3OS/c1-4-13-11-10(8(2)3)12(15-7-14-11)17-9-5-16-6-9/h7-9H,4-6H2,1-3H3,(H,13,14,15). The maximum Gasteiger partial charge on any atom is 0.133 e. The van der Waals surface area contributed by atoms with Gasteiger partial charge in [0, 0.05) is 12.1 Å². The van der Waals surface area contributed by atoms with Crippen molar-refractivity contribution in [2.45, 2.75) is 37.0 Å². The number of ether oxygens (including phenoxy) is 1. The second-order valence-electron chi connectivity index (χ2n) is 4.40. The largest absolute Gasteiger partial charge is 0.379 e. The number of rotatable bonds is 5. The monoisotopic (exact) mass is 253 g/mol. The summed E-state index contributed by atoms with van der Waals surface area (Å²) in [5.74, 6) is 1.40. The molecule has 17 heavy (non-hydrogen) atoms. The van der Waals surface area contributed by atoms with E-state index in [1.165, 1.54) is 5.56 Å². The molecule has 0 aromatic carbocycles. The first-order chi connectivity index (χ1) is 8.22. The van der Waals surface area contributed by atoms with Crippen LogP contribution >= 0.6 is 11.8 Å². The molecule has 0 saturated carbocycles. The van der Waals surface area contributed by atoms with Crippen LogP contribution in [0.2, 0.25) is 0 Å². The number of nitrogens with one attached hydrogen (secondary N) is 1. The molecule has 0 radical (unpaired) electrons. The first-order valence-electron chi connectivity index (χ1n) is 6.05.